The second-order valence-electron chi connectivity index (χ2n) is 6.00. The number of para-hydroxylation sites is 1. The molecule has 2 fully saturated rings. The van der Waals surface area contributed by atoms with Crippen molar-refractivity contribution in [3.8, 4) is 0 Å². The first-order chi connectivity index (χ1) is 11.5. The van der Waals surface area contributed by atoms with Crippen LogP contribution in [0.1, 0.15) is 18.4 Å². The smallest absolute Gasteiger partial charge is 0.267 e. The number of piperazine rings is 1. The maximum Gasteiger partial charge on any atom is 0.267 e. The summed E-state index contributed by atoms with van der Waals surface area (Å²) in [5.41, 5.74) is 3.35. The van der Waals surface area contributed by atoms with Gasteiger partial charge in [0.1, 0.15) is 0 Å². The van der Waals surface area contributed by atoms with E-state index in [-0.39, 0.29) is 5.25 Å². The fraction of sp³-hybridized carbons (Fsp3) is 0.438. The van der Waals surface area contributed by atoms with Gasteiger partial charge in [-0.2, -0.15) is 4.31 Å². The van der Waals surface area contributed by atoms with Crippen LogP contribution in [0.3, 0.4) is 0 Å². The highest BCUT2D eigenvalue weighted by Gasteiger charge is 2.41. The van der Waals surface area contributed by atoms with Crippen molar-refractivity contribution in [3.05, 3.63) is 35.9 Å². The molecule has 0 atom stereocenters. The molecule has 1 aliphatic carbocycles. The number of nitrogens with zero attached hydrogens (tertiary/aromatic N) is 2. The van der Waals surface area contributed by atoms with Gasteiger partial charge in [0.2, 0.25) is 10.0 Å². The molecule has 8 heteroatoms. The first kappa shape index (κ1) is 16.9. The van der Waals surface area contributed by atoms with E-state index in [9.17, 15) is 13.2 Å². The Morgan fingerprint density at radius 1 is 1.17 bits per heavy atom. The zero-order chi connectivity index (χ0) is 17.2. The summed E-state index contributed by atoms with van der Waals surface area (Å²) in [7, 11) is -3.12. The van der Waals surface area contributed by atoms with E-state index in [1.165, 1.54) is 6.08 Å². The fourth-order valence-electron chi connectivity index (χ4n) is 2.88. The summed E-state index contributed by atoms with van der Waals surface area (Å²) < 4.78 is 26.2. The average Bonchev–Trinajstić information content (AvgIpc) is 3.45. The summed E-state index contributed by atoms with van der Waals surface area (Å²) in [5, 5.41) is 8.39. The van der Waals surface area contributed by atoms with Crippen molar-refractivity contribution in [1.29, 1.82) is 0 Å². The Labute approximate surface area is 141 Å². The molecule has 2 N–H and O–H groups in total. The summed E-state index contributed by atoms with van der Waals surface area (Å²) in [6, 6.07) is 7.60. The lowest BCUT2D eigenvalue weighted by Gasteiger charge is -2.36. The summed E-state index contributed by atoms with van der Waals surface area (Å²) in [6.07, 6.45) is 4.45. The maximum atomic E-state index is 12.3. The first-order valence-corrected chi connectivity index (χ1v) is 9.48. The van der Waals surface area contributed by atoms with Gasteiger partial charge in [-0.05, 0) is 30.5 Å². The van der Waals surface area contributed by atoms with Crippen LogP contribution < -0.4 is 10.4 Å². The molecule has 3 rings (SSSR count). The molecule has 0 bridgehead atoms. The summed E-state index contributed by atoms with van der Waals surface area (Å²) in [6.45, 7) is 2.19. The molecule has 0 unspecified atom stereocenters. The van der Waals surface area contributed by atoms with Crippen molar-refractivity contribution in [2.24, 2.45) is 0 Å². The second-order valence-corrected chi connectivity index (χ2v) is 8.21. The number of amides is 1. The minimum atomic E-state index is -3.12. The van der Waals surface area contributed by atoms with Crippen molar-refractivity contribution < 1.29 is 18.4 Å². The van der Waals surface area contributed by atoms with Crippen LogP contribution in [0.25, 0.3) is 6.08 Å². The molecule has 2 aliphatic rings. The van der Waals surface area contributed by atoms with Gasteiger partial charge in [-0.15, -0.1) is 0 Å². The maximum absolute atomic E-state index is 12.3. The van der Waals surface area contributed by atoms with E-state index in [1.54, 1.807) is 15.9 Å². The van der Waals surface area contributed by atoms with Crippen molar-refractivity contribution in [3.63, 3.8) is 0 Å². The van der Waals surface area contributed by atoms with E-state index in [0.717, 1.165) is 24.1 Å². The number of hydrogen-bond acceptors (Lipinski definition) is 5. The number of hydroxylamine groups is 1. The molecule has 1 aliphatic heterocycles. The first-order valence-electron chi connectivity index (χ1n) is 7.97. The van der Waals surface area contributed by atoms with Crippen molar-refractivity contribution in [2.45, 2.75) is 18.1 Å². The van der Waals surface area contributed by atoms with E-state index in [2.05, 4.69) is 4.90 Å². The Morgan fingerprint density at radius 2 is 1.83 bits per heavy atom. The molecule has 24 heavy (non-hydrogen) atoms. The molecule has 7 nitrogen and oxygen atoms in total. The van der Waals surface area contributed by atoms with E-state index in [1.807, 2.05) is 24.3 Å². The van der Waals surface area contributed by atoms with Gasteiger partial charge in [0.15, 0.2) is 0 Å². The molecule has 130 valence electrons. The third-order valence-electron chi connectivity index (χ3n) is 4.35. The SMILES string of the molecule is O=C(/C=C/c1ccccc1N1CCN(S(=O)(=O)C2CC2)CC1)NO. The van der Waals surface area contributed by atoms with Crippen LogP contribution >= 0.6 is 0 Å². The lowest BCUT2D eigenvalue weighted by molar-refractivity contribution is -0.124. The number of nitrogens with one attached hydrogen (secondary N) is 1. The quantitative estimate of drug-likeness (QED) is 0.466. The number of carbonyl (C=O) groups excluding carboxylic acids is 1. The Hall–Kier alpha value is -1.90. The summed E-state index contributed by atoms with van der Waals surface area (Å²) >= 11 is 0. The minimum Gasteiger partial charge on any atom is -0.368 e. The van der Waals surface area contributed by atoms with Crippen LogP contribution in [0, 0.1) is 0 Å². The standard InChI is InChI=1S/C16H21N3O4S/c20-16(17-21)8-5-13-3-1-2-4-15(13)18-9-11-19(12-10-18)24(22,23)14-6-7-14/h1-5,8,14,21H,6-7,9-12H2,(H,17,20)/b8-5+. The molecule has 0 radical (unpaired) electrons. The van der Waals surface area contributed by atoms with Crippen LogP contribution in [0.5, 0.6) is 0 Å². The van der Waals surface area contributed by atoms with Gasteiger partial charge in [0.05, 0.1) is 5.25 Å². The number of carbonyl (C=O) groups is 1. The molecule has 0 spiro atoms. The molecule has 1 saturated carbocycles. The zero-order valence-electron chi connectivity index (χ0n) is 13.3. The predicted octanol–water partition coefficient (Wildman–Crippen LogP) is 0.819. The number of sulfonamides is 1. The van der Waals surface area contributed by atoms with E-state index < -0.39 is 15.9 Å². The lowest BCUT2D eigenvalue weighted by Crippen LogP contribution is -2.49. The third-order valence-corrected chi connectivity index (χ3v) is 6.74. The highest BCUT2D eigenvalue weighted by Crippen LogP contribution is 2.32. The van der Waals surface area contributed by atoms with Crippen LogP contribution in [-0.2, 0) is 14.8 Å². The van der Waals surface area contributed by atoms with Crippen molar-refractivity contribution in [1.82, 2.24) is 9.79 Å². The van der Waals surface area contributed by atoms with Crippen molar-refractivity contribution in [2.75, 3.05) is 31.1 Å². The van der Waals surface area contributed by atoms with Crippen molar-refractivity contribution >= 4 is 27.7 Å². The molecule has 0 aromatic heterocycles. The minimum absolute atomic E-state index is 0.170. The molecular formula is C16H21N3O4S. The summed E-state index contributed by atoms with van der Waals surface area (Å²) in [4.78, 5) is 13.3. The zero-order valence-corrected chi connectivity index (χ0v) is 14.1. The van der Waals surface area contributed by atoms with Gasteiger partial charge in [-0.25, -0.2) is 13.9 Å². The average molecular weight is 351 g/mol. The topological polar surface area (TPSA) is 90.0 Å². The van der Waals surface area contributed by atoms with E-state index >= 15 is 0 Å². The lowest BCUT2D eigenvalue weighted by atomic mass is 10.1. The second kappa shape index (κ2) is 6.92. The third kappa shape index (κ3) is 3.61. The van der Waals surface area contributed by atoms with Gasteiger partial charge in [-0.3, -0.25) is 10.0 Å². The van der Waals surface area contributed by atoms with Gasteiger partial charge in [0.25, 0.3) is 5.91 Å². The monoisotopic (exact) mass is 351 g/mol. The Bertz CT molecular complexity index is 735. The van der Waals surface area contributed by atoms with Crippen LogP contribution in [0.2, 0.25) is 0 Å². The molecule has 1 amide bonds. The van der Waals surface area contributed by atoms with E-state index in [0.29, 0.717) is 26.2 Å². The predicted molar refractivity (Wildman–Crippen MR) is 91.1 cm³/mol. The number of rotatable bonds is 5. The Kier molecular flexibility index (Phi) is 4.88. The highest BCUT2D eigenvalue weighted by molar-refractivity contribution is 7.90. The summed E-state index contributed by atoms with van der Waals surface area (Å²) in [5.74, 6) is -0.592. The van der Waals surface area contributed by atoms with Crippen LogP contribution in [0.4, 0.5) is 5.69 Å². The fourth-order valence-corrected chi connectivity index (χ4v) is 4.71. The van der Waals surface area contributed by atoms with Crippen LogP contribution in [0.15, 0.2) is 30.3 Å². The normalized spacial score (nSPS) is 19.6. The number of anilines is 1. The van der Waals surface area contributed by atoms with Gasteiger partial charge in [0, 0.05) is 37.9 Å². The largest absolute Gasteiger partial charge is 0.368 e. The van der Waals surface area contributed by atoms with Gasteiger partial charge in [-0.1, -0.05) is 18.2 Å². The number of benzene rings is 1. The molecule has 1 aromatic rings. The molecular weight excluding hydrogens is 330 g/mol. The molecule has 1 saturated heterocycles. The van der Waals surface area contributed by atoms with Gasteiger partial charge >= 0.3 is 0 Å². The van der Waals surface area contributed by atoms with Crippen LogP contribution in [-0.4, -0.2) is 55.3 Å². The Balaban J connectivity index is 1.70. The van der Waals surface area contributed by atoms with Gasteiger partial charge < -0.3 is 4.90 Å². The Morgan fingerprint density at radius 3 is 2.46 bits per heavy atom. The highest BCUT2D eigenvalue weighted by atomic mass is 32.2. The van der Waals surface area contributed by atoms with E-state index in [4.69, 9.17) is 5.21 Å². The molecule has 1 heterocycles. The number of hydrogen-bond donors (Lipinski definition) is 2. The molecule has 1 aromatic carbocycles.